The fraction of sp³-hybridized carbons (Fsp3) is 0.375. The lowest BCUT2D eigenvalue weighted by Crippen LogP contribution is -2.34. The lowest BCUT2D eigenvalue weighted by atomic mass is 9.97. The van der Waals surface area contributed by atoms with Gasteiger partial charge in [0.25, 0.3) is 0 Å². The summed E-state index contributed by atoms with van der Waals surface area (Å²) in [7, 11) is 0. The number of carbonyl (C=O) groups is 1. The molecule has 0 fully saturated rings. The van der Waals surface area contributed by atoms with Crippen molar-refractivity contribution >= 4 is 17.7 Å². The highest BCUT2D eigenvalue weighted by molar-refractivity contribution is 7.96. The minimum absolute atomic E-state index is 0.210. The third-order valence-electron chi connectivity index (χ3n) is 1.36. The van der Waals surface area contributed by atoms with E-state index in [2.05, 4.69) is 25.8 Å². The van der Waals surface area contributed by atoms with Crippen LogP contribution in [0.4, 0.5) is 0 Å². The van der Waals surface area contributed by atoms with E-state index in [-0.39, 0.29) is 12.8 Å². The van der Waals surface area contributed by atoms with Crippen LogP contribution in [0, 0.1) is 0 Å². The summed E-state index contributed by atoms with van der Waals surface area (Å²) in [5.74, 6) is 0. The first-order valence-corrected chi connectivity index (χ1v) is 3.69. The van der Waals surface area contributed by atoms with Crippen molar-refractivity contribution < 1.29 is 9.90 Å². The predicted octanol–water partition coefficient (Wildman–Crippen LogP) is 1.33. The van der Waals surface area contributed by atoms with Crippen LogP contribution >= 0.6 is 12.6 Å². The molecule has 0 unspecified atom stereocenters. The second-order valence-corrected chi connectivity index (χ2v) is 2.73. The molecule has 0 heterocycles. The van der Waals surface area contributed by atoms with E-state index in [1.54, 1.807) is 0 Å². The molecular weight excluding hydrogens is 160 g/mol. The summed E-state index contributed by atoms with van der Waals surface area (Å²) in [5, 5.41) is 8.98. The first-order chi connectivity index (χ1) is 5.06. The topological polar surface area (TPSA) is 37.3 Å². The van der Waals surface area contributed by atoms with Gasteiger partial charge in [-0.15, -0.1) is 25.8 Å². The summed E-state index contributed by atoms with van der Waals surface area (Å²) in [4.78, 5) is 10.8. The zero-order chi connectivity index (χ0) is 8.91. The van der Waals surface area contributed by atoms with E-state index >= 15 is 0 Å². The molecule has 0 saturated carbocycles. The minimum Gasteiger partial charge on any atom is -0.380 e. The minimum atomic E-state index is -1.41. The molecule has 2 nitrogen and oxygen atoms in total. The molecule has 0 bridgehead atoms. The third kappa shape index (κ3) is 2.91. The molecule has 0 aromatic rings. The van der Waals surface area contributed by atoms with Gasteiger partial charge in [-0.1, -0.05) is 12.2 Å². The van der Waals surface area contributed by atoms with Gasteiger partial charge in [0, 0.05) is 12.8 Å². The van der Waals surface area contributed by atoms with Gasteiger partial charge in [-0.3, -0.25) is 4.79 Å². The van der Waals surface area contributed by atoms with Crippen molar-refractivity contribution in [2.45, 2.75) is 18.4 Å². The first-order valence-electron chi connectivity index (χ1n) is 3.24. The molecule has 0 amide bonds. The molecule has 11 heavy (non-hydrogen) atoms. The molecule has 0 rings (SSSR count). The third-order valence-corrected chi connectivity index (χ3v) is 1.78. The summed E-state index contributed by atoms with van der Waals surface area (Å²) in [5.41, 5.74) is -1.41. The van der Waals surface area contributed by atoms with Gasteiger partial charge in [0.2, 0.25) is 5.12 Å². The van der Waals surface area contributed by atoms with Crippen LogP contribution in [0.25, 0.3) is 0 Å². The Hall–Kier alpha value is -0.540. The van der Waals surface area contributed by atoms with Crippen molar-refractivity contribution in [1.82, 2.24) is 0 Å². The maximum Gasteiger partial charge on any atom is 0.218 e. The number of carbonyl (C=O) groups excluding carboxylic acids is 1. The van der Waals surface area contributed by atoms with Crippen LogP contribution in [-0.4, -0.2) is 15.8 Å². The van der Waals surface area contributed by atoms with Crippen LogP contribution in [-0.2, 0) is 4.79 Å². The van der Waals surface area contributed by atoms with Gasteiger partial charge in [-0.25, -0.2) is 0 Å². The van der Waals surface area contributed by atoms with Crippen molar-refractivity contribution in [2.24, 2.45) is 0 Å². The van der Waals surface area contributed by atoms with Crippen molar-refractivity contribution in [1.29, 1.82) is 0 Å². The molecule has 0 radical (unpaired) electrons. The van der Waals surface area contributed by atoms with Crippen LogP contribution in [0.3, 0.4) is 0 Å². The molecule has 0 aliphatic carbocycles. The average Bonchev–Trinajstić information content (AvgIpc) is 1.88. The molecule has 0 atom stereocenters. The predicted molar refractivity (Wildman–Crippen MR) is 48.6 cm³/mol. The van der Waals surface area contributed by atoms with Gasteiger partial charge in [0.05, 0.1) is 0 Å². The van der Waals surface area contributed by atoms with Crippen molar-refractivity contribution in [3.8, 4) is 0 Å². The lowest BCUT2D eigenvalue weighted by Gasteiger charge is -2.20. The molecule has 3 heteroatoms. The summed E-state index contributed by atoms with van der Waals surface area (Å²) in [6.07, 6.45) is 3.39. The second kappa shape index (κ2) is 4.36. The second-order valence-electron chi connectivity index (χ2n) is 2.32. The molecule has 0 saturated heterocycles. The van der Waals surface area contributed by atoms with E-state index in [0.717, 1.165) is 0 Å². The summed E-state index contributed by atoms with van der Waals surface area (Å²) in [6, 6.07) is 0. The lowest BCUT2D eigenvalue weighted by molar-refractivity contribution is -0.127. The molecule has 62 valence electrons. The van der Waals surface area contributed by atoms with E-state index < -0.39 is 10.7 Å². The Morgan fingerprint density at radius 2 is 1.82 bits per heavy atom. The highest BCUT2D eigenvalue weighted by Gasteiger charge is 2.30. The smallest absolute Gasteiger partial charge is 0.218 e. The molecule has 0 aromatic heterocycles. The van der Waals surface area contributed by atoms with Gasteiger partial charge in [0.1, 0.15) is 5.60 Å². The Labute approximate surface area is 72.0 Å². The summed E-state index contributed by atoms with van der Waals surface area (Å²) in [6.45, 7) is 6.86. The van der Waals surface area contributed by atoms with Crippen LogP contribution in [0.1, 0.15) is 12.8 Å². The van der Waals surface area contributed by atoms with E-state index in [0.29, 0.717) is 0 Å². The Morgan fingerprint density at radius 1 is 1.45 bits per heavy atom. The highest BCUT2D eigenvalue weighted by Crippen LogP contribution is 2.19. The zero-order valence-electron chi connectivity index (χ0n) is 6.29. The Kier molecular flexibility index (Phi) is 4.15. The standard InChI is InChI=1S/C8H12O2S/c1-3-5-8(10,6-4-2)7(9)11/h3-4,10H,1-2,5-6H2,(H,9,11). The van der Waals surface area contributed by atoms with E-state index in [1.165, 1.54) is 12.2 Å². The maximum atomic E-state index is 10.8. The number of hydrogen-bond acceptors (Lipinski definition) is 2. The van der Waals surface area contributed by atoms with Gasteiger partial charge in [0.15, 0.2) is 0 Å². The van der Waals surface area contributed by atoms with E-state index in [1.807, 2.05) is 0 Å². The fourth-order valence-corrected chi connectivity index (χ4v) is 0.918. The Morgan fingerprint density at radius 3 is 2.00 bits per heavy atom. The van der Waals surface area contributed by atoms with Gasteiger partial charge in [-0.05, 0) is 0 Å². The maximum absolute atomic E-state index is 10.8. The normalized spacial score (nSPS) is 10.7. The zero-order valence-corrected chi connectivity index (χ0v) is 7.18. The number of hydrogen-bond donors (Lipinski definition) is 2. The van der Waals surface area contributed by atoms with Gasteiger partial charge >= 0.3 is 0 Å². The number of rotatable bonds is 5. The Bertz CT molecular complexity index is 165. The summed E-state index contributed by atoms with van der Waals surface area (Å²) < 4.78 is 0. The SMILES string of the molecule is C=CCC(O)(CC=C)C(=O)S. The van der Waals surface area contributed by atoms with Crippen LogP contribution in [0.5, 0.6) is 0 Å². The number of aliphatic hydroxyl groups is 1. The molecule has 0 aromatic carbocycles. The molecule has 0 aliphatic heterocycles. The van der Waals surface area contributed by atoms with Crippen LogP contribution in [0.2, 0.25) is 0 Å². The quantitative estimate of drug-likeness (QED) is 0.485. The molecule has 1 N–H and O–H groups in total. The van der Waals surface area contributed by atoms with E-state index in [4.69, 9.17) is 0 Å². The van der Waals surface area contributed by atoms with Crippen molar-refractivity contribution in [3.63, 3.8) is 0 Å². The molecule has 0 aliphatic rings. The molecule has 0 spiro atoms. The first kappa shape index (κ1) is 10.5. The number of thiol groups is 1. The highest BCUT2D eigenvalue weighted by atomic mass is 32.1. The van der Waals surface area contributed by atoms with Crippen LogP contribution < -0.4 is 0 Å². The molecular formula is C8H12O2S. The Balaban J connectivity index is 4.35. The van der Waals surface area contributed by atoms with Crippen molar-refractivity contribution in [3.05, 3.63) is 25.3 Å². The largest absolute Gasteiger partial charge is 0.380 e. The monoisotopic (exact) mass is 172 g/mol. The average molecular weight is 172 g/mol. The van der Waals surface area contributed by atoms with Gasteiger partial charge < -0.3 is 5.11 Å². The summed E-state index contributed by atoms with van der Waals surface area (Å²) >= 11 is 3.56. The van der Waals surface area contributed by atoms with Gasteiger partial charge in [-0.2, -0.15) is 0 Å². The van der Waals surface area contributed by atoms with Crippen molar-refractivity contribution in [2.75, 3.05) is 0 Å². The fourth-order valence-electron chi connectivity index (χ4n) is 0.736. The van der Waals surface area contributed by atoms with Crippen LogP contribution in [0.15, 0.2) is 25.3 Å². The van der Waals surface area contributed by atoms with E-state index in [9.17, 15) is 9.90 Å².